The van der Waals surface area contributed by atoms with Crippen molar-refractivity contribution in [1.29, 1.82) is 0 Å². The van der Waals surface area contributed by atoms with Crippen LogP contribution in [0.2, 0.25) is 0 Å². The maximum Gasteiger partial charge on any atom is 0.317 e. The predicted octanol–water partition coefficient (Wildman–Crippen LogP) is 2.38. The molecule has 0 fully saturated rings. The lowest BCUT2D eigenvalue weighted by atomic mass is 10.2. The molecule has 23 heavy (non-hydrogen) atoms. The molecule has 0 unspecified atom stereocenters. The van der Waals surface area contributed by atoms with Crippen LogP contribution >= 0.6 is 0 Å². The van der Waals surface area contributed by atoms with Crippen LogP contribution in [-0.2, 0) is 7.05 Å². The number of amides is 2. The van der Waals surface area contributed by atoms with Crippen LogP contribution in [0.3, 0.4) is 0 Å². The third-order valence-corrected chi connectivity index (χ3v) is 3.61. The summed E-state index contributed by atoms with van der Waals surface area (Å²) >= 11 is 0. The number of nitrogens with one attached hydrogen (secondary N) is 1. The van der Waals surface area contributed by atoms with Crippen molar-refractivity contribution in [1.82, 2.24) is 19.6 Å². The smallest absolute Gasteiger partial charge is 0.317 e. The van der Waals surface area contributed by atoms with E-state index in [1.54, 1.807) is 9.36 Å². The van der Waals surface area contributed by atoms with Crippen LogP contribution in [0.4, 0.5) is 10.6 Å². The number of para-hydroxylation sites is 1. The molecule has 0 aliphatic heterocycles. The Morgan fingerprint density at radius 1 is 1.17 bits per heavy atom. The lowest BCUT2D eigenvalue weighted by molar-refractivity contribution is 0.259. The van der Waals surface area contributed by atoms with Crippen LogP contribution in [0.15, 0.2) is 36.4 Å². The van der Waals surface area contributed by atoms with Crippen LogP contribution in [0, 0.1) is 13.8 Å². The van der Waals surface area contributed by atoms with Crippen LogP contribution in [0.5, 0.6) is 0 Å². The standard InChI is InChI=1S/C16H18N6O/c1-10-9-13(21(3)19-10)14-11(2)15(18-16(17)23)22(20-14)12-7-5-4-6-8-12/h4-9H,1-3H3,(H3,17,18,23). The van der Waals surface area contributed by atoms with Gasteiger partial charge < -0.3 is 5.73 Å². The van der Waals surface area contributed by atoms with Crippen molar-refractivity contribution in [2.45, 2.75) is 13.8 Å². The van der Waals surface area contributed by atoms with Crippen molar-refractivity contribution in [2.75, 3.05) is 5.32 Å². The molecular weight excluding hydrogens is 292 g/mol. The molecule has 7 heteroatoms. The molecule has 0 atom stereocenters. The van der Waals surface area contributed by atoms with Gasteiger partial charge in [-0.05, 0) is 32.0 Å². The molecule has 2 aromatic heterocycles. The fourth-order valence-electron chi connectivity index (χ4n) is 2.59. The summed E-state index contributed by atoms with van der Waals surface area (Å²) in [5.41, 5.74) is 9.51. The number of hydrogen-bond donors (Lipinski definition) is 2. The molecule has 0 aliphatic rings. The molecular formula is C16H18N6O. The Morgan fingerprint density at radius 3 is 2.43 bits per heavy atom. The first-order chi connectivity index (χ1) is 11.0. The average Bonchev–Trinajstić information content (AvgIpc) is 3.00. The van der Waals surface area contributed by atoms with Gasteiger partial charge in [-0.3, -0.25) is 10.00 Å². The van der Waals surface area contributed by atoms with Crippen molar-refractivity contribution < 1.29 is 4.79 Å². The number of anilines is 1. The van der Waals surface area contributed by atoms with Crippen molar-refractivity contribution in [2.24, 2.45) is 12.8 Å². The van der Waals surface area contributed by atoms with Gasteiger partial charge in [-0.1, -0.05) is 18.2 Å². The molecule has 118 valence electrons. The quantitative estimate of drug-likeness (QED) is 0.778. The predicted molar refractivity (Wildman–Crippen MR) is 88.4 cm³/mol. The summed E-state index contributed by atoms with van der Waals surface area (Å²) < 4.78 is 3.45. The summed E-state index contributed by atoms with van der Waals surface area (Å²) in [6.45, 7) is 3.82. The van der Waals surface area contributed by atoms with E-state index >= 15 is 0 Å². The second-order valence-electron chi connectivity index (χ2n) is 5.35. The molecule has 2 amide bonds. The summed E-state index contributed by atoms with van der Waals surface area (Å²) in [6.07, 6.45) is 0. The molecule has 0 saturated heterocycles. The molecule has 3 rings (SSSR count). The maximum atomic E-state index is 11.4. The minimum absolute atomic E-state index is 0.553. The number of carbonyl (C=O) groups is 1. The van der Waals surface area contributed by atoms with Gasteiger partial charge in [0.15, 0.2) is 0 Å². The van der Waals surface area contributed by atoms with E-state index in [2.05, 4.69) is 15.5 Å². The summed E-state index contributed by atoms with van der Waals surface area (Å²) in [6, 6.07) is 10.9. The number of nitrogens with zero attached hydrogens (tertiary/aromatic N) is 4. The van der Waals surface area contributed by atoms with Crippen LogP contribution in [0.1, 0.15) is 11.3 Å². The summed E-state index contributed by atoms with van der Waals surface area (Å²) in [4.78, 5) is 11.4. The van der Waals surface area contributed by atoms with Gasteiger partial charge in [-0.25, -0.2) is 9.48 Å². The number of hydrogen-bond acceptors (Lipinski definition) is 3. The maximum absolute atomic E-state index is 11.4. The minimum Gasteiger partial charge on any atom is -0.351 e. The number of rotatable bonds is 3. The molecule has 3 N–H and O–H groups in total. The van der Waals surface area contributed by atoms with Crippen molar-refractivity contribution in [3.05, 3.63) is 47.7 Å². The first-order valence-electron chi connectivity index (χ1n) is 7.20. The van der Waals surface area contributed by atoms with E-state index in [-0.39, 0.29) is 0 Å². The molecule has 0 aliphatic carbocycles. The van der Waals surface area contributed by atoms with E-state index in [0.717, 1.165) is 28.3 Å². The van der Waals surface area contributed by atoms with Crippen molar-refractivity contribution in [3.63, 3.8) is 0 Å². The first-order valence-corrected chi connectivity index (χ1v) is 7.20. The van der Waals surface area contributed by atoms with Gasteiger partial charge in [0.1, 0.15) is 11.5 Å². The Hall–Kier alpha value is -3.09. The SMILES string of the molecule is Cc1cc(-c2nn(-c3ccccc3)c(NC(N)=O)c2C)n(C)n1. The highest BCUT2D eigenvalue weighted by molar-refractivity contribution is 5.89. The number of nitrogens with two attached hydrogens (primary N) is 1. The third-order valence-electron chi connectivity index (χ3n) is 3.61. The number of primary amides is 1. The van der Waals surface area contributed by atoms with Gasteiger partial charge in [0, 0.05) is 12.6 Å². The Labute approximate surface area is 133 Å². The summed E-state index contributed by atoms with van der Waals surface area (Å²) in [5, 5.41) is 11.7. The van der Waals surface area contributed by atoms with E-state index in [1.165, 1.54) is 0 Å². The number of urea groups is 1. The molecule has 3 aromatic rings. The number of aromatic nitrogens is 4. The first kappa shape index (κ1) is 14.8. The molecule has 7 nitrogen and oxygen atoms in total. The molecule has 0 radical (unpaired) electrons. The largest absolute Gasteiger partial charge is 0.351 e. The Morgan fingerprint density at radius 2 is 1.87 bits per heavy atom. The van der Waals surface area contributed by atoms with Crippen molar-refractivity contribution in [3.8, 4) is 17.1 Å². The van der Waals surface area contributed by atoms with E-state index in [0.29, 0.717) is 5.82 Å². The molecule has 1 aromatic carbocycles. The van der Waals surface area contributed by atoms with E-state index in [4.69, 9.17) is 5.73 Å². The molecule has 0 spiro atoms. The van der Waals surface area contributed by atoms with Gasteiger partial charge in [0.05, 0.1) is 17.1 Å². The second-order valence-corrected chi connectivity index (χ2v) is 5.35. The zero-order valence-corrected chi connectivity index (χ0v) is 13.2. The molecule has 2 heterocycles. The van der Waals surface area contributed by atoms with Gasteiger partial charge in [-0.2, -0.15) is 10.2 Å². The van der Waals surface area contributed by atoms with Crippen LogP contribution < -0.4 is 11.1 Å². The lowest BCUT2D eigenvalue weighted by Gasteiger charge is -2.07. The van der Waals surface area contributed by atoms with Crippen LogP contribution in [-0.4, -0.2) is 25.6 Å². The third kappa shape index (κ3) is 2.68. The van der Waals surface area contributed by atoms with Gasteiger partial charge in [0.25, 0.3) is 0 Å². The Balaban J connectivity index is 2.21. The fraction of sp³-hybridized carbons (Fsp3) is 0.188. The van der Waals surface area contributed by atoms with Gasteiger partial charge in [-0.15, -0.1) is 0 Å². The number of aryl methyl sites for hydroxylation is 2. The molecule has 0 saturated carbocycles. The zero-order valence-electron chi connectivity index (χ0n) is 13.2. The van der Waals surface area contributed by atoms with E-state index in [9.17, 15) is 4.79 Å². The highest BCUT2D eigenvalue weighted by Gasteiger charge is 2.20. The highest BCUT2D eigenvalue weighted by atomic mass is 16.2. The zero-order chi connectivity index (χ0) is 16.6. The fourth-order valence-corrected chi connectivity index (χ4v) is 2.59. The number of carbonyl (C=O) groups excluding carboxylic acids is 1. The highest BCUT2D eigenvalue weighted by Crippen LogP contribution is 2.30. The summed E-state index contributed by atoms with van der Waals surface area (Å²) in [5.74, 6) is 0.553. The van der Waals surface area contributed by atoms with E-state index < -0.39 is 6.03 Å². The Kier molecular flexibility index (Phi) is 3.61. The number of benzene rings is 1. The summed E-state index contributed by atoms with van der Waals surface area (Å²) in [7, 11) is 1.87. The van der Waals surface area contributed by atoms with Gasteiger partial charge in [0.2, 0.25) is 0 Å². The van der Waals surface area contributed by atoms with Gasteiger partial charge >= 0.3 is 6.03 Å². The molecule has 0 bridgehead atoms. The monoisotopic (exact) mass is 310 g/mol. The van der Waals surface area contributed by atoms with Crippen LogP contribution in [0.25, 0.3) is 17.1 Å². The normalized spacial score (nSPS) is 10.7. The average molecular weight is 310 g/mol. The van der Waals surface area contributed by atoms with Crippen molar-refractivity contribution >= 4 is 11.8 Å². The lowest BCUT2D eigenvalue weighted by Crippen LogP contribution is -2.21. The Bertz CT molecular complexity index is 862. The second kappa shape index (κ2) is 5.60. The minimum atomic E-state index is -0.627. The van der Waals surface area contributed by atoms with E-state index in [1.807, 2.05) is 57.3 Å². The topological polar surface area (TPSA) is 90.8 Å².